The third-order valence-electron chi connectivity index (χ3n) is 3.12. The van der Waals surface area contributed by atoms with Gasteiger partial charge in [0.25, 0.3) is 0 Å². The Morgan fingerprint density at radius 3 is 2.75 bits per heavy atom. The van der Waals surface area contributed by atoms with E-state index in [9.17, 15) is 0 Å². The first-order chi connectivity index (χ1) is 9.65. The van der Waals surface area contributed by atoms with E-state index in [1.165, 1.54) is 6.33 Å². The van der Waals surface area contributed by atoms with Crippen LogP contribution in [0.15, 0.2) is 24.5 Å². The highest BCUT2D eigenvalue weighted by atomic mass is 15.3. The highest BCUT2D eigenvalue weighted by Gasteiger charge is 2.13. The first-order valence-corrected chi connectivity index (χ1v) is 6.59. The number of nitrogens with zero attached hydrogens (tertiary/aromatic N) is 4. The summed E-state index contributed by atoms with van der Waals surface area (Å²) in [6.07, 6.45) is 2.32. The Bertz CT molecular complexity index is 584. The van der Waals surface area contributed by atoms with Crippen LogP contribution in [0.2, 0.25) is 0 Å². The van der Waals surface area contributed by atoms with Crippen LogP contribution < -0.4 is 16.2 Å². The van der Waals surface area contributed by atoms with E-state index in [1.807, 2.05) is 32.2 Å². The number of aryl methyl sites for hydroxylation is 1. The number of nitrogens with two attached hydrogens (primary N) is 1. The van der Waals surface area contributed by atoms with Gasteiger partial charge in [0, 0.05) is 18.3 Å². The molecule has 0 amide bonds. The molecule has 6 nitrogen and oxygen atoms in total. The molecule has 0 saturated carbocycles. The second-order valence-corrected chi connectivity index (χ2v) is 4.65. The second-order valence-electron chi connectivity index (χ2n) is 4.65. The Kier molecular flexibility index (Phi) is 4.47. The van der Waals surface area contributed by atoms with E-state index >= 15 is 0 Å². The summed E-state index contributed by atoms with van der Waals surface area (Å²) < 4.78 is 0. The molecule has 0 aliphatic heterocycles. The Labute approximate surface area is 119 Å². The van der Waals surface area contributed by atoms with Crippen molar-refractivity contribution in [3.63, 3.8) is 0 Å². The summed E-state index contributed by atoms with van der Waals surface area (Å²) in [6.45, 7) is 4.74. The molecule has 0 radical (unpaired) electrons. The molecule has 2 rings (SSSR count). The minimum Gasteiger partial charge on any atom is -0.353 e. The number of aromatic nitrogens is 3. The maximum Gasteiger partial charge on any atom is 0.148 e. The monoisotopic (exact) mass is 272 g/mol. The highest BCUT2D eigenvalue weighted by Crippen LogP contribution is 2.23. The summed E-state index contributed by atoms with van der Waals surface area (Å²) in [5.74, 6) is 7.04. The van der Waals surface area contributed by atoms with Crippen molar-refractivity contribution in [1.29, 1.82) is 0 Å². The van der Waals surface area contributed by atoms with Gasteiger partial charge in [0.2, 0.25) is 0 Å². The molecule has 106 valence electrons. The van der Waals surface area contributed by atoms with E-state index < -0.39 is 0 Å². The number of nitrogen functional groups attached to an aromatic ring is 1. The molecule has 0 saturated heterocycles. The average Bonchev–Trinajstić information content (AvgIpc) is 2.46. The number of hydrazine groups is 1. The fourth-order valence-corrected chi connectivity index (χ4v) is 2.19. The van der Waals surface area contributed by atoms with Gasteiger partial charge in [0.15, 0.2) is 0 Å². The topological polar surface area (TPSA) is 80.0 Å². The Morgan fingerprint density at radius 1 is 1.30 bits per heavy atom. The molecule has 0 aromatic carbocycles. The normalized spacial score (nSPS) is 10.4. The molecule has 0 atom stereocenters. The van der Waals surface area contributed by atoms with Gasteiger partial charge >= 0.3 is 0 Å². The van der Waals surface area contributed by atoms with Crippen LogP contribution in [0.4, 0.5) is 11.6 Å². The molecular weight excluding hydrogens is 252 g/mol. The van der Waals surface area contributed by atoms with Crippen LogP contribution in [0, 0.1) is 6.92 Å². The zero-order valence-electron chi connectivity index (χ0n) is 12.1. The van der Waals surface area contributed by atoms with Crippen molar-refractivity contribution < 1.29 is 0 Å². The predicted octanol–water partition coefficient (Wildman–Crippen LogP) is 1.66. The third-order valence-corrected chi connectivity index (χ3v) is 3.12. The zero-order chi connectivity index (χ0) is 14.5. The van der Waals surface area contributed by atoms with Crippen molar-refractivity contribution in [3.8, 4) is 0 Å². The van der Waals surface area contributed by atoms with Gasteiger partial charge in [-0.25, -0.2) is 15.8 Å². The smallest absolute Gasteiger partial charge is 0.148 e. The molecule has 2 aromatic heterocycles. The first kappa shape index (κ1) is 14.2. The van der Waals surface area contributed by atoms with Gasteiger partial charge in [0.1, 0.15) is 18.0 Å². The van der Waals surface area contributed by atoms with Crippen molar-refractivity contribution in [2.24, 2.45) is 5.84 Å². The fraction of sp³-hybridized carbons (Fsp3) is 0.357. The number of rotatable bonds is 5. The van der Waals surface area contributed by atoms with Crippen LogP contribution >= 0.6 is 0 Å². The molecule has 0 bridgehead atoms. The van der Waals surface area contributed by atoms with Crippen molar-refractivity contribution in [1.82, 2.24) is 15.0 Å². The summed E-state index contributed by atoms with van der Waals surface area (Å²) in [6, 6.07) is 6.01. The number of anilines is 2. The molecule has 2 aromatic rings. The van der Waals surface area contributed by atoms with Gasteiger partial charge in [0.05, 0.1) is 12.2 Å². The number of hydrogen-bond donors (Lipinski definition) is 2. The van der Waals surface area contributed by atoms with E-state index in [4.69, 9.17) is 5.84 Å². The lowest BCUT2D eigenvalue weighted by Gasteiger charge is -2.21. The van der Waals surface area contributed by atoms with Crippen molar-refractivity contribution in [2.75, 3.05) is 17.4 Å². The zero-order valence-corrected chi connectivity index (χ0v) is 12.1. The molecule has 0 spiro atoms. The van der Waals surface area contributed by atoms with E-state index in [0.29, 0.717) is 12.4 Å². The van der Waals surface area contributed by atoms with Gasteiger partial charge in [-0.2, -0.15) is 0 Å². The Hall–Kier alpha value is -2.21. The van der Waals surface area contributed by atoms with Crippen molar-refractivity contribution in [2.45, 2.75) is 26.8 Å². The summed E-state index contributed by atoms with van der Waals surface area (Å²) in [4.78, 5) is 15.1. The van der Waals surface area contributed by atoms with E-state index in [1.54, 1.807) is 0 Å². The lowest BCUT2D eigenvalue weighted by molar-refractivity contribution is 0.841. The van der Waals surface area contributed by atoms with E-state index in [0.717, 1.165) is 29.2 Å². The largest absolute Gasteiger partial charge is 0.353 e. The van der Waals surface area contributed by atoms with Gasteiger partial charge in [-0.1, -0.05) is 13.0 Å². The molecule has 0 aliphatic carbocycles. The summed E-state index contributed by atoms with van der Waals surface area (Å²) in [5.41, 5.74) is 5.65. The molecule has 0 unspecified atom stereocenters. The second kappa shape index (κ2) is 6.29. The van der Waals surface area contributed by atoms with Gasteiger partial charge in [-0.15, -0.1) is 0 Å². The predicted molar refractivity (Wildman–Crippen MR) is 80.3 cm³/mol. The maximum absolute atomic E-state index is 5.50. The molecule has 20 heavy (non-hydrogen) atoms. The maximum atomic E-state index is 5.50. The minimum absolute atomic E-state index is 0.668. The van der Waals surface area contributed by atoms with Gasteiger partial charge in [-0.3, -0.25) is 4.98 Å². The van der Waals surface area contributed by atoms with E-state index in [2.05, 4.69) is 32.2 Å². The molecule has 2 heterocycles. The van der Waals surface area contributed by atoms with Crippen LogP contribution in [0.25, 0.3) is 0 Å². The lowest BCUT2D eigenvalue weighted by atomic mass is 10.2. The SMILES string of the molecule is CCc1c(NN)ncnc1N(C)Cc1cccc(C)n1. The van der Waals surface area contributed by atoms with Crippen molar-refractivity contribution in [3.05, 3.63) is 41.5 Å². The van der Waals surface area contributed by atoms with Crippen LogP contribution in [-0.4, -0.2) is 22.0 Å². The standard InChI is InChI=1S/C14H20N6/c1-4-12-13(19-15)16-9-17-14(12)20(3)8-11-7-5-6-10(2)18-11/h5-7,9H,4,8,15H2,1-3H3,(H,16,17,19). The molecule has 3 N–H and O–H groups in total. The van der Waals surface area contributed by atoms with Gasteiger partial charge in [-0.05, 0) is 25.5 Å². The molecule has 6 heteroatoms. The number of hydrogen-bond acceptors (Lipinski definition) is 6. The first-order valence-electron chi connectivity index (χ1n) is 6.59. The summed E-state index contributed by atoms with van der Waals surface area (Å²) in [7, 11) is 1.99. The molecule has 0 aliphatic rings. The van der Waals surface area contributed by atoms with Crippen LogP contribution in [0.5, 0.6) is 0 Å². The minimum atomic E-state index is 0.668. The Morgan fingerprint density at radius 2 is 2.10 bits per heavy atom. The number of nitrogens with one attached hydrogen (secondary N) is 1. The molecular formula is C14H20N6. The summed E-state index contributed by atoms with van der Waals surface area (Å²) >= 11 is 0. The average molecular weight is 272 g/mol. The summed E-state index contributed by atoms with van der Waals surface area (Å²) in [5, 5.41) is 0. The highest BCUT2D eigenvalue weighted by molar-refractivity contribution is 5.58. The van der Waals surface area contributed by atoms with E-state index in [-0.39, 0.29) is 0 Å². The van der Waals surface area contributed by atoms with Crippen molar-refractivity contribution >= 4 is 11.6 Å². The quantitative estimate of drug-likeness (QED) is 0.636. The van der Waals surface area contributed by atoms with Crippen LogP contribution in [-0.2, 0) is 13.0 Å². The molecule has 0 fully saturated rings. The third kappa shape index (κ3) is 3.03. The van der Waals surface area contributed by atoms with Crippen LogP contribution in [0.3, 0.4) is 0 Å². The fourth-order valence-electron chi connectivity index (χ4n) is 2.19. The Balaban J connectivity index is 2.27. The number of pyridine rings is 1. The van der Waals surface area contributed by atoms with Gasteiger partial charge < -0.3 is 10.3 Å². The lowest BCUT2D eigenvalue weighted by Crippen LogP contribution is -2.22. The van der Waals surface area contributed by atoms with Crippen LogP contribution in [0.1, 0.15) is 23.9 Å².